The van der Waals surface area contributed by atoms with E-state index in [0.717, 1.165) is 17.5 Å². The number of imidazole rings is 1. The zero-order valence-corrected chi connectivity index (χ0v) is 11.2. The van der Waals surface area contributed by atoms with Crippen LogP contribution in [0.25, 0.3) is 0 Å². The number of fused-ring (bicyclic) bond motifs is 1. The number of aromatic nitrogens is 2. The van der Waals surface area contributed by atoms with Crippen molar-refractivity contribution in [1.82, 2.24) is 14.5 Å². The Morgan fingerprint density at radius 1 is 1.25 bits per heavy atom. The Kier molecular flexibility index (Phi) is 3.10. The van der Waals surface area contributed by atoms with E-state index in [-0.39, 0.29) is 5.91 Å². The van der Waals surface area contributed by atoms with Crippen molar-refractivity contribution in [3.63, 3.8) is 0 Å². The third-order valence-corrected chi connectivity index (χ3v) is 3.63. The minimum Gasteiger partial charge on any atom is -0.331 e. The Hall–Kier alpha value is -2.43. The van der Waals surface area contributed by atoms with Gasteiger partial charge in [0, 0.05) is 18.7 Å². The van der Waals surface area contributed by atoms with Crippen LogP contribution in [0.3, 0.4) is 0 Å². The summed E-state index contributed by atoms with van der Waals surface area (Å²) >= 11 is 0. The summed E-state index contributed by atoms with van der Waals surface area (Å²) in [6.07, 6.45) is 2.40. The zero-order valence-electron chi connectivity index (χ0n) is 11.2. The van der Waals surface area contributed by atoms with E-state index in [2.05, 4.69) is 4.98 Å². The van der Waals surface area contributed by atoms with Crippen LogP contribution in [-0.4, -0.2) is 33.2 Å². The fourth-order valence-electron chi connectivity index (χ4n) is 2.43. The lowest BCUT2D eigenvalue weighted by molar-refractivity contribution is 0.0709. The minimum atomic E-state index is -0.00528. The van der Waals surface area contributed by atoms with Crippen molar-refractivity contribution in [3.05, 3.63) is 53.1 Å². The van der Waals surface area contributed by atoms with Gasteiger partial charge in [-0.1, -0.05) is 17.7 Å². The van der Waals surface area contributed by atoms with E-state index >= 15 is 0 Å². The first-order valence-corrected chi connectivity index (χ1v) is 6.54. The molecule has 3 rings (SSSR count). The second-order valence-corrected chi connectivity index (χ2v) is 4.98. The van der Waals surface area contributed by atoms with Gasteiger partial charge in [0.05, 0.1) is 18.6 Å². The molecule has 1 aromatic heterocycles. The molecule has 2 heterocycles. The molecule has 0 radical (unpaired) electrons. The number of benzene rings is 1. The van der Waals surface area contributed by atoms with Crippen molar-refractivity contribution >= 4 is 12.2 Å². The maximum atomic E-state index is 12.5. The Bertz CT molecular complexity index is 658. The molecular weight excluding hydrogens is 254 g/mol. The van der Waals surface area contributed by atoms with Crippen LogP contribution in [0, 0.1) is 6.92 Å². The van der Waals surface area contributed by atoms with Crippen molar-refractivity contribution < 1.29 is 9.59 Å². The highest BCUT2D eigenvalue weighted by Gasteiger charge is 2.24. The molecule has 5 heteroatoms. The zero-order chi connectivity index (χ0) is 14.1. The summed E-state index contributed by atoms with van der Waals surface area (Å²) in [5, 5.41) is 0. The van der Waals surface area contributed by atoms with Crippen molar-refractivity contribution in [2.24, 2.45) is 0 Å². The minimum absolute atomic E-state index is 0.00528. The van der Waals surface area contributed by atoms with Gasteiger partial charge >= 0.3 is 0 Å². The molecule has 102 valence electrons. The van der Waals surface area contributed by atoms with Gasteiger partial charge in [-0.25, -0.2) is 4.98 Å². The molecule has 0 bridgehead atoms. The predicted octanol–water partition coefficient (Wildman–Crippen LogP) is 1.66. The molecule has 0 atom stereocenters. The number of hydrogen-bond acceptors (Lipinski definition) is 3. The Morgan fingerprint density at radius 2 is 2.00 bits per heavy atom. The average molecular weight is 269 g/mol. The van der Waals surface area contributed by atoms with Gasteiger partial charge in [-0.05, 0) is 19.1 Å². The molecule has 2 aromatic rings. The smallest absolute Gasteiger partial charge is 0.254 e. The Balaban J connectivity index is 1.84. The first kappa shape index (κ1) is 12.6. The van der Waals surface area contributed by atoms with Crippen LogP contribution in [0.1, 0.15) is 32.1 Å². The second kappa shape index (κ2) is 4.92. The number of aldehydes is 1. The predicted molar refractivity (Wildman–Crippen MR) is 73.5 cm³/mol. The topological polar surface area (TPSA) is 55.2 Å². The first-order valence-electron chi connectivity index (χ1n) is 6.54. The molecule has 1 amide bonds. The van der Waals surface area contributed by atoms with Gasteiger partial charge in [-0.15, -0.1) is 0 Å². The molecule has 0 N–H and O–H groups in total. The van der Waals surface area contributed by atoms with Crippen molar-refractivity contribution in [1.29, 1.82) is 0 Å². The first-order chi connectivity index (χ1) is 9.69. The molecule has 5 nitrogen and oxygen atoms in total. The van der Waals surface area contributed by atoms with E-state index < -0.39 is 0 Å². The largest absolute Gasteiger partial charge is 0.331 e. The van der Waals surface area contributed by atoms with Crippen LogP contribution in [-0.2, 0) is 13.1 Å². The number of amides is 1. The molecule has 0 unspecified atom stereocenters. The van der Waals surface area contributed by atoms with Crippen LogP contribution >= 0.6 is 0 Å². The summed E-state index contributed by atoms with van der Waals surface area (Å²) in [6, 6.07) is 7.53. The molecular formula is C15H15N3O2. The van der Waals surface area contributed by atoms with Crippen molar-refractivity contribution in [2.45, 2.75) is 20.0 Å². The highest BCUT2D eigenvalue weighted by Crippen LogP contribution is 2.17. The summed E-state index contributed by atoms with van der Waals surface area (Å²) in [4.78, 5) is 29.2. The van der Waals surface area contributed by atoms with Crippen molar-refractivity contribution in [3.8, 4) is 0 Å². The molecule has 20 heavy (non-hydrogen) atoms. The molecule has 0 fully saturated rings. The van der Waals surface area contributed by atoms with Gasteiger partial charge in [0.1, 0.15) is 5.69 Å². The highest BCUT2D eigenvalue weighted by molar-refractivity contribution is 5.94. The van der Waals surface area contributed by atoms with Crippen LogP contribution in [0.5, 0.6) is 0 Å². The van der Waals surface area contributed by atoms with Gasteiger partial charge in [-0.3, -0.25) is 9.59 Å². The maximum absolute atomic E-state index is 12.5. The summed E-state index contributed by atoms with van der Waals surface area (Å²) < 4.78 is 1.93. The lowest BCUT2D eigenvalue weighted by Crippen LogP contribution is -2.38. The van der Waals surface area contributed by atoms with Gasteiger partial charge < -0.3 is 9.47 Å². The quantitative estimate of drug-likeness (QED) is 0.779. The van der Waals surface area contributed by atoms with E-state index in [4.69, 9.17) is 0 Å². The Labute approximate surface area is 116 Å². The lowest BCUT2D eigenvalue weighted by atomic mass is 10.1. The molecule has 1 aliphatic rings. The summed E-state index contributed by atoms with van der Waals surface area (Å²) in [7, 11) is 0. The van der Waals surface area contributed by atoms with Gasteiger partial charge in [-0.2, -0.15) is 0 Å². The maximum Gasteiger partial charge on any atom is 0.254 e. The number of hydrogen-bond donors (Lipinski definition) is 0. The van der Waals surface area contributed by atoms with Gasteiger partial charge in [0.25, 0.3) is 5.91 Å². The van der Waals surface area contributed by atoms with E-state index in [1.807, 2.05) is 35.8 Å². The number of aryl methyl sites for hydroxylation is 1. The van der Waals surface area contributed by atoms with Crippen LogP contribution in [0.4, 0.5) is 0 Å². The van der Waals surface area contributed by atoms with E-state index in [1.54, 1.807) is 11.2 Å². The average Bonchev–Trinajstić information content (AvgIpc) is 2.89. The molecule has 0 spiro atoms. The number of carbonyl (C=O) groups is 2. The lowest BCUT2D eigenvalue weighted by Gasteiger charge is -2.28. The third-order valence-electron chi connectivity index (χ3n) is 3.63. The molecule has 0 saturated carbocycles. The van der Waals surface area contributed by atoms with Crippen molar-refractivity contribution in [2.75, 3.05) is 6.54 Å². The molecule has 1 aliphatic heterocycles. The fraction of sp³-hybridized carbons (Fsp3) is 0.267. The summed E-state index contributed by atoms with van der Waals surface area (Å²) in [5.74, 6) is -0.00528. The standard InChI is InChI=1S/C15H15N3O2/c1-11-2-4-12(5-3-11)15(20)17-6-7-18-10-16-13(9-19)14(18)8-17/h2-5,9-10H,6-8H2,1H3. The Morgan fingerprint density at radius 3 is 2.70 bits per heavy atom. The van der Waals surface area contributed by atoms with Gasteiger partial charge in [0.15, 0.2) is 6.29 Å². The van der Waals surface area contributed by atoms with Crippen LogP contribution in [0.15, 0.2) is 30.6 Å². The molecule has 0 saturated heterocycles. The van der Waals surface area contributed by atoms with Crippen LogP contribution < -0.4 is 0 Å². The van der Waals surface area contributed by atoms with E-state index in [1.165, 1.54) is 0 Å². The van der Waals surface area contributed by atoms with E-state index in [9.17, 15) is 9.59 Å². The molecule has 0 aliphatic carbocycles. The van der Waals surface area contributed by atoms with Gasteiger partial charge in [0.2, 0.25) is 0 Å². The third kappa shape index (κ3) is 2.11. The second-order valence-electron chi connectivity index (χ2n) is 4.98. The normalized spacial score (nSPS) is 13.9. The highest BCUT2D eigenvalue weighted by atomic mass is 16.2. The fourth-order valence-corrected chi connectivity index (χ4v) is 2.43. The number of nitrogens with zero attached hydrogens (tertiary/aromatic N) is 3. The summed E-state index contributed by atoms with van der Waals surface area (Å²) in [5.41, 5.74) is 3.04. The SMILES string of the molecule is Cc1ccc(C(=O)N2CCn3cnc(C=O)c3C2)cc1. The van der Waals surface area contributed by atoms with Crippen LogP contribution in [0.2, 0.25) is 0 Å². The summed E-state index contributed by atoms with van der Waals surface area (Å²) in [6.45, 7) is 3.73. The van der Waals surface area contributed by atoms with E-state index in [0.29, 0.717) is 30.9 Å². The molecule has 1 aromatic carbocycles. The number of carbonyl (C=O) groups excluding carboxylic acids is 2. The monoisotopic (exact) mass is 269 g/mol. The number of rotatable bonds is 2.